The molecule has 0 fully saturated rings. The molecular formula is C19H16Cl2N4O4. The van der Waals surface area contributed by atoms with E-state index in [1.54, 1.807) is 39.1 Å². The zero-order chi connectivity index (χ0) is 21.3. The van der Waals surface area contributed by atoms with E-state index in [1.165, 1.54) is 22.9 Å². The zero-order valence-corrected chi connectivity index (χ0v) is 17.2. The molecule has 0 aliphatic carbocycles. The molecule has 1 N–H and O–H groups in total. The Bertz CT molecular complexity index is 1130. The standard InChI is InChI=1S/C19H16Cl2N4O4/c1-10-6-12(20)4-5-16(10)29-15-8-13(7-14(9-15)25(27)28)22-19(26)18-17(21)11(2)23-24(18)3/h4-9H,1-3H3,(H,22,26). The van der Waals surface area contributed by atoms with Gasteiger partial charge >= 0.3 is 0 Å². The number of nitrogens with zero attached hydrogens (tertiary/aromatic N) is 3. The highest BCUT2D eigenvalue weighted by Crippen LogP contribution is 2.32. The van der Waals surface area contributed by atoms with Crippen LogP contribution < -0.4 is 10.1 Å². The van der Waals surface area contributed by atoms with Crippen molar-refractivity contribution in [2.75, 3.05) is 5.32 Å². The van der Waals surface area contributed by atoms with Crippen LogP contribution >= 0.6 is 23.2 Å². The monoisotopic (exact) mass is 434 g/mol. The van der Waals surface area contributed by atoms with Gasteiger partial charge < -0.3 is 10.1 Å². The molecule has 0 atom stereocenters. The fourth-order valence-corrected chi connectivity index (χ4v) is 3.22. The van der Waals surface area contributed by atoms with Crippen LogP contribution in [-0.4, -0.2) is 20.6 Å². The van der Waals surface area contributed by atoms with E-state index < -0.39 is 10.8 Å². The van der Waals surface area contributed by atoms with Crippen molar-refractivity contribution in [3.05, 3.63) is 73.5 Å². The number of amides is 1. The summed E-state index contributed by atoms with van der Waals surface area (Å²) >= 11 is 12.1. The van der Waals surface area contributed by atoms with E-state index in [1.807, 2.05) is 0 Å². The summed E-state index contributed by atoms with van der Waals surface area (Å²) in [6.45, 7) is 3.47. The van der Waals surface area contributed by atoms with Crippen LogP contribution in [0, 0.1) is 24.0 Å². The van der Waals surface area contributed by atoms with Gasteiger partial charge in [0, 0.05) is 24.2 Å². The Morgan fingerprint density at radius 3 is 2.52 bits per heavy atom. The number of aryl methyl sites for hydroxylation is 3. The van der Waals surface area contributed by atoms with Gasteiger partial charge in [0.2, 0.25) is 0 Å². The molecule has 0 spiro atoms. The number of carbonyl (C=O) groups excluding carboxylic acids is 1. The van der Waals surface area contributed by atoms with E-state index in [-0.39, 0.29) is 27.8 Å². The fraction of sp³-hybridized carbons (Fsp3) is 0.158. The minimum atomic E-state index is -0.571. The SMILES string of the molecule is Cc1cc(Cl)ccc1Oc1cc(NC(=O)c2c(Cl)c(C)nn2C)cc([N+](=O)[O-])c1. The van der Waals surface area contributed by atoms with Crippen molar-refractivity contribution in [1.82, 2.24) is 9.78 Å². The molecule has 10 heteroatoms. The van der Waals surface area contributed by atoms with Crippen LogP contribution in [0.15, 0.2) is 36.4 Å². The first-order valence-corrected chi connectivity index (χ1v) is 9.15. The number of carbonyl (C=O) groups is 1. The number of nitrogens with one attached hydrogen (secondary N) is 1. The van der Waals surface area contributed by atoms with E-state index in [0.717, 1.165) is 5.56 Å². The molecule has 2 aromatic carbocycles. The van der Waals surface area contributed by atoms with Gasteiger partial charge in [-0.05, 0) is 37.6 Å². The van der Waals surface area contributed by atoms with Gasteiger partial charge in [-0.15, -0.1) is 0 Å². The lowest BCUT2D eigenvalue weighted by molar-refractivity contribution is -0.384. The first kappa shape index (κ1) is 20.6. The Kier molecular flexibility index (Phi) is 5.76. The number of anilines is 1. The summed E-state index contributed by atoms with van der Waals surface area (Å²) in [5.74, 6) is 0.122. The minimum absolute atomic E-state index is 0.145. The third-order valence-electron chi connectivity index (χ3n) is 4.09. The maximum absolute atomic E-state index is 12.6. The highest BCUT2D eigenvalue weighted by molar-refractivity contribution is 6.34. The molecule has 3 aromatic rings. The van der Waals surface area contributed by atoms with Crippen molar-refractivity contribution < 1.29 is 14.5 Å². The summed E-state index contributed by atoms with van der Waals surface area (Å²) in [7, 11) is 1.58. The summed E-state index contributed by atoms with van der Waals surface area (Å²) in [6, 6.07) is 9.00. The number of nitro groups is 1. The smallest absolute Gasteiger partial charge is 0.275 e. The van der Waals surface area contributed by atoms with Crippen molar-refractivity contribution in [1.29, 1.82) is 0 Å². The summed E-state index contributed by atoms with van der Waals surface area (Å²) in [6.07, 6.45) is 0. The maximum atomic E-state index is 12.6. The Morgan fingerprint density at radius 1 is 1.21 bits per heavy atom. The molecule has 3 rings (SSSR count). The Morgan fingerprint density at radius 2 is 1.93 bits per heavy atom. The molecule has 0 saturated heterocycles. The van der Waals surface area contributed by atoms with Crippen LogP contribution in [0.5, 0.6) is 11.5 Å². The van der Waals surface area contributed by atoms with Crippen LogP contribution in [0.2, 0.25) is 10.0 Å². The van der Waals surface area contributed by atoms with Crippen LogP contribution in [-0.2, 0) is 7.05 Å². The number of hydrogen-bond acceptors (Lipinski definition) is 5. The molecule has 29 heavy (non-hydrogen) atoms. The predicted octanol–water partition coefficient (Wildman–Crippen LogP) is 5.30. The molecule has 0 bridgehead atoms. The Hall–Kier alpha value is -3.10. The molecule has 150 valence electrons. The number of aromatic nitrogens is 2. The second-order valence-electron chi connectivity index (χ2n) is 6.31. The average molecular weight is 435 g/mol. The molecule has 8 nitrogen and oxygen atoms in total. The lowest BCUT2D eigenvalue weighted by atomic mass is 10.2. The van der Waals surface area contributed by atoms with Gasteiger partial charge in [-0.1, -0.05) is 23.2 Å². The summed E-state index contributed by atoms with van der Waals surface area (Å²) in [5, 5.41) is 18.8. The van der Waals surface area contributed by atoms with Gasteiger partial charge in [-0.2, -0.15) is 5.10 Å². The van der Waals surface area contributed by atoms with Crippen molar-refractivity contribution in [3.8, 4) is 11.5 Å². The second-order valence-corrected chi connectivity index (χ2v) is 7.12. The summed E-state index contributed by atoms with van der Waals surface area (Å²) in [5.41, 5.74) is 1.34. The number of non-ortho nitro benzene ring substituents is 1. The number of nitro benzene ring substituents is 1. The van der Waals surface area contributed by atoms with Crippen molar-refractivity contribution in [2.24, 2.45) is 7.05 Å². The van der Waals surface area contributed by atoms with Gasteiger partial charge in [0.1, 0.15) is 17.2 Å². The lowest BCUT2D eigenvalue weighted by Crippen LogP contribution is -2.16. The van der Waals surface area contributed by atoms with Gasteiger partial charge in [0.25, 0.3) is 11.6 Å². The van der Waals surface area contributed by atoms with Crippen LogP contribution in [0.1, 0.15) is 21.7 Å². The van der Waals surface area contributed by atoms with Crippen LogP contribution in [0.25, 0.3) is 0 Å². The predicted molar refractivity (Wildman–Crippen MR) is 110 cm³/mol. The van der Waals surface area contributed by atoms with Gasteiger partial charge in [-0.25, -0.2) is 0 Å². The Balaban J connectivity index is 1.94. The Labute approximate surface area is 176 Å². The molecule has 0 aliphatic rings. The highest BCUT2D eigenvalue weighted by atomic mass is 35.5. The number of ether oxygens (including phenoxy) is 1. The summed E-state index contributed by atoms with van der Waals surface area (Å²) < 4.78 is 7.12. The van der Waals surface area contributed by atoms with E-state index in [4.69, 9.17) is 27.9 Å². The maximum Gasteiger partial charge on any atom is 0.275 e. The molecule has 1 aromatic heterocycles. The van der Waals surface area contributed by atoms with E-state index in [9.17, 15) is 14.9 Å². The number of rotatable bonds is 5. The van der Waals surface area contributed by atoms with E-state index in [0.29, 0.717) is 16.5 Å². The fourth-order valence-electron chi connectivity index (χ4n) is 2.74. The third-order valence-corrected chi connectivity index (χ3v) is 4.78. The van der Waals surface area contributed by atoms with Gasteiger partial charge in [-0.3, -0.25) is 19.6 Å². The highest BCUT2D eigenvalue weighted by Gasteiger charge is 2.20. The van der Waals surface area contributed by atoms with Crippen molar-refractivity contribution in [2.45, 2.75) is 13.8 Å². The number of hydrogen-bond donors (Lipinski definition) is 1. The third kappa shape index (κ3) is 4.49. The van der Waals surface area contributed by atoms with Crippen molar-refractivity contribution >= 4 is 40.5 Å². The minimum Gasteiger partial charge on any atom is -0.457 e. The summed E-state index contributed by atoms with van der Waals surface area (Å²) in [4.78, 5) is 23.4. The van der Waals surface area contributed by atoms with Crippen LogP contribution in [0.4, 0.5) is 11.4 Å². The molecule has 1 heterocycles. The molecule has 0 radical (unpaired) electrons. The van der Waals surface area contributed by atoms with E-state index >= 15 is 0 Å². The van der Waals surface area contributed by atoms with Gasteiger partial charge in [0.05, 0.1) is 27.4 Å². The molecule has 1 amide bonds. The molecule has 0 saturated carbocycles. The number of halogens is 2. The normalized spacial score (nSPS) is 10.7. The largest absolute Gasteiger partial charge is 0.457 e. The van der Waals surface area contributed by atoms with Crippen molar-refractivity contribution in [3.63, 3.8) is 0 Å². The van der Waals surface area contributed by atoms with Crippen LogP contribution in [0.3, 0.4) is 0 Å². The first-order chi connectivity index (χ1) is 13.7. The molecule has 0 unspecified atom stereocenters. The quantitative estimate of drug-likeness (QED) is 0.433. The zero-order valence-electron chi connectivity index (χ0n) is 15.7. The lowest BCUT2D eigenvalue weighted by Gasteiger charge is -2.11. The van der Waals surface area contributed by atoms with E-state index in [2.05, 4.69) is 10.4 Å². The first-order valence-electron chi connectivity index (χ1n) is 8.39. The topological polar surface area (TPSA) is 99.3 Å². The average Bonchev–Trinajstić information content (AvgIpc) is 2.89. The van der Waals surface area contributed by atoms with Gasteiger partial charge in [0.15, 0.2) is 0 Å². The second kappa shape index (κ2) is 8.10. The number of benzene rings is 2. The molecular weight excluding hydrogens is 419 g/mol. The molecule has 0 aliphatic heterocycles.